The second kappa shape index (κ2) is 8.11. The van der Waals surface area contributed by atoms with Crippen molar-refractivity contribution in [1.29, 1.82) is 0 Å². The quantitative estimate of drug-likeness (QED) is 0.768. The fourth-order valence-corrected chi connectivity index (χ4v) is 2.84. The molecule has 2 rings (SSSR count). The smallest absolute Gasteiger partial charge is 0.244 e. The highest BCUT2D eigenvalue weighted by molar-refractivity contribution is 6.35. The van der Waals surface area contributed by atoms with E-state index in [-0.39, 0.29) is 23.8 Å². The van der Waals surface area contributed by atoms with Crippen molar-refractivity contribution in [2.24, 2.45) is 0 Å². The summed E-state index contributed by atoms with van der Waals surface area (Å²) in [4.78, 5) is 25.7. The minimum atomic E-state index is -0.320. The Morgan fingerprint density at radius 1 is 1.04 bits per heavy atom. The molecule has 0 aliphatic carbocycles. The van der Waals surface area contributed by atoms with Gasteiger partial charge >= 0.3 is 0 Å². The first-order valence-corrected chi connectivity index (χ1v) is 8.97. The lowest BCUT2D eigenvalue weighted by molar-refractivity contribution is -0.120. The van der Waals surface area contributed by atoms with E-state index in [4.69, 9.17) is 23.2 Å². The van der Waals surface area contributed by atoms with Crippen LogP contribution in [0.4, 0.5) is 11.4 Å². The lowest BCUT2D eigenvalue weighted by Crippen LogP contribution is -2.36. The Balaban J connectivity index is 2.13. The van der Waals surface area contributed by atoms with Gasteiger partial charge in [-0.05, 0) is 41.3 Å². The van der Waals surface area contributed by atoms with Crippen molar-refractivity contribution in [1.82, 2.24) is 0 Å². The second-order valence-electron chi connectivity index (χ2n) is 7.08. The molecular formula is C20H22Cl2N2O2. The number of nitrogens with one attached hydrogen (secondary N) is 1. The summed E-state index contributed by atoms with van der Waals surface area (Å²) in [6.45, 7) is 7.60. The summed E-state index contributed by atoms with van der Waals surface area (Å²) in [6.07, 6.45) is 0. The van der Waals surface area contributed by atoms with Crippen LogP contribution in [0, 0.1) is 0 Å². The van der Waals surface area contributed by atoms with Gasteiger partial charge in [0.05, 0.1) is 10.7 Å². The highest BCUT2D eigenvalue weighted by Crippen LogP contribution is 2.29. The largest absolute Gasteiger partial charge is 0.325 e. The van der Waals surface area contributed by atoms with E-state index in [9.17, 15) is 9.59 Å². The Bertz CT molecular complexity index is 812. The van der Waals surface area contributed by atoms with E-state index in [0.29, 0.717) is 21.4 Å². The molecule has 0 bridgehead atoms. The number of hydrogen-bond donors (Lipinski definition) is 1. The van der Waals surface area contributed by atoms with Gasteiger partial charge in [0.25, 0.3) is 0 Å². The van der Waals surface area contributed by atoms with E-state index in [1.54, 1.807) is 18.2 Å². The zero-order valence-electron chi connectivity index (χ0n) is 15.3. The molecule has 0 atom stereocenters. The van der Waals surface area contributed by atoms with E-state index in [2.05, 4.69) is 26.1 Å². The summed E-state index contributed by atoms with van der Waals surface area (Å²) in [5.41, 5.74) is 2.29. The van der Waals surface area contributed by atoms with Crippen molar-refractivity contribution < 1.29 is 9.59 Å². The van der Waals surface area contributed by atoms with E-state index in [1.807, 2.05) is 24.3 Å². The van der Waals surface area contributed by atoms with Crippen LogP contribution in [0.25, 0.3) is 0 Å². The number of carbonyl (C=O) groups excluding carboxylic acids is 2. The molecule has 2 amide bonds. The van der Waals surface area contributed by atoms with Gasteiger partial charge < -0.3 is 10.2 Å². The summed E-state index contributed by atoms with van der Waals surface area (Å²) in [7, 11) is 0. The lowest BCUT2D eigenvalue weighted by Gasteiger charge is -2.22. The molecule has 0 heterocycles. The fraction of sp³-hybridized carbons (Fsp3) is 0.300. The molecule has 1 N–H and O–H groups in total. The Kier molecular flexibility index (Phi) is 6.32. The number of benzene rings is 2. The minimum absolute atomic E-state index is 0.0390. The first kappa shape index (κ1) is 20.3. The summed E-state index contributed by atoms with van der Waals surface area (Å²) >= 11 is 12.1. The Morgan fingerprint density at radius 3 is 2.19 bits per heavy atom. The zero-order valence-corrected chi connectivity index (χ0v) is 16.8. The normalized spacial score (nSPS) is 11.2. The standard InChI is InChI=1S/C20H22Cl2N2O2/c1-13(25)24(18-11-15(21)7-10-17(18)22)12-19(26)23-16-8-5-14(6-9-16)20(2,3)4/h5-11H,12H2,1-4H3,(H,23,26). The number of amides is 2. The van der Waals surface area contributed by atoms with E-state index < -0.39 is 0 Å². The molecule has 2 aromatic carbocycles. The highest BCUT2D eigenvalue weighted by atomic mass is 35.5. The van der Waals surface area contributed by atoms with Gasteiger partial charge in [0.2, 0.25) is 11.8 Å². The van der Waals surface area contributed by atoms with Crippen molar-refractivity contribution in [2.75, 3.05) is 16.8 Å². The van der Waals surface area contributed by atoms with Crippen LogP contribution in [0.1, 0.15) is 33.3 Å². The molecule has 0 aliphatic heterocycles. The molecule has 0 unspecified atom stereocenters. The number of nitrogens with zero attached hydrogens (tertiary/aromatic N) is 1. The molecule has 2 aromatic rings. The van der Waals surface area contributed by atoms with Gasteiger partial charge in [-0.25, -0.2) is 0 Å². The highest BCUT2D eigenvalue weighted by Gasteiger charge is 2.19. The molecule has 0 saturated heterocycles. The molecule has 0 fully saturated rings. The Morgan fingerprint density at radius 2 is 1.65 bits per heavy atom. The summed E-state index contributed by atoms with van der Waals surface area (Å²) in [5, 5.41) is 3.59. The first-order chi connectivity index (χ1) is 12.1. The topological polar surface area (TPSA) is 49.4 Å². The molecule has 0 aliphatic rings. The molecule has 0 aromatic heterocycles. The Labute approximate surface area is 164 Å². The van der Waals surface area contributed by atoms with Crippen LogP contribution in [0.3, 0.4) is 0 Å². The van der Waals surface area contributed by atoms with Crippen molar-refractivity contribution in [3.8, 4) is 0 Å². The lowest BCUT2D eigenvalue weighted by atomic mass is 9.87. The number of rotatable bonds is 4. The van der Waals surface area contributed by atoms with Crippen LogP contribution in [-0.2, 0) is 15.0 Å². The van der Waals surface area contributed by atoms with Crippen LogP contribution in [0.5, 0.6) is 0 Å². The van der Waals surface area contributed by atoms with Crippen LogP contribution in [0.2, 0.25) is 10.0 Å². The van der Waals surface area contributed by atoms with E-state index >= 15 is 0 Å². The third kappa shape index (κ3) is 5.23. The molecular weight excluding hydrogens is 371 g/mol. The van der Waals surface area contributed by atoms with Gasteiger partial charge in [-0.1, -0.05) is 56.1 Å². The maximum absolute atomic E-state index is 12.4. The van der Waals surface area contributed by atoms with Crippen LogP contribution >= 0.6 is 23.2 Å². The predicted octanol–water partition coefficient (Wildman–Crippen LogP) is 5.28. The molecule has 0 spiro atoms. The number of carbonyl (C=O) groups is 2. The maximum Gasteiger partial charge on any atom is 0.244 e. The fourth-order valence-electron chi connectivity index (χ4n) is 2.46. The van der Waals surface area contributed by atoms with Gasteiger partial charge in [-0.15, -0.1) is 0 Å². The van der Waals surface area contributed by atoms with Crippen LogP contribution in [0.15, 0.2) is 42.5 Å². The van der Waals surface area contributed by atoms with Crippen molar-refractivity contribution in [3.63, 3.8) is 0 Å². The van der Waals surface area contributed by atoms with Gasteiger partial charge in [0, 0.05) is 17.6 Å². The summed E-state index contributed by atoms with van der Waals surface area (Å²) in [5.74, 6) is -0.618. The predicted molar refractivity (Wildman–Crippen MR) is 108 cm³/mol. The molecule has 4 nitrogen and oxygen atoms in total. The van der Waals surface area contributed by atoms with Crippen LogP contribution in [-0.4, -0.2) is 18.4 Å². The van der Waals surface area contributed by atoms with Crippen molar-refractivity contribution in [3.05, 3.63) is 58.1 Å². The number of halogens is 2. The molecule has 0 saturated carbocycles. The molecule has 138 valence electrons. The third-order valence-electron chi connectivity index (χ3n) is 3.92. The summed E-state index contributed by atoms with van der Waals surface area (Å²) in [6, 6.07) is 12.4. The SMILES string of the molecule is CC(=O)N(CC(=O)Nc1ccc(C(C)(C)C)cc1)c1cc(Cl)ccc1Cl. The van der Waals surface area contributed by atoms with Gasteiger partial charge in [-0.2, -0.15) is 0 Å². The monoisotopic (exact) mass is 392 g/mol. The van der Waals surface area contributed by atoms with Crippen molar-refractivity contribution >= 4 is 46.4 Å². The summed E-state index contributed by atoms with van der Waals surface area (Å²) < 4.78 is 0. The van der Waals surface area contributed by atoms with E-state index in [0.717, 1.165) is 0 Å². The van der Waals surface area contributed by atoms with Gasteiger partial charge in [-0.3, -0.25) is 9.59 Å². The second-order valence-corrected chi connectivity index (χ2v) is 7.92. The minimum Gasteiger partial charge on any atom is -0.325 e. The first-order valence-electron chi connectivity index (χ1n) is 8.21. The number of anilines is 2. The zero-order chi connectivity index (χ0) is 19.5. The molecule has 6 heteroatoms. The number of hydrogen-bond acceptors (Lipinski definition) is 2. The van der Waals surface area contributed by atoms with Crippen molar-refractivity contribution in [2.45, 2.75) is 33.1 Å². The third-order valence-corrected chi connectivity index (χ3v) is 4.47. The van der Waals surface area contributed by atoms with E-state index in [1.165, 1.54) is 17.4 Å². The Hall–Kier alpha value is -2.04. The molecule has 0 radical (unpaired) electrons. The molecule has 26 heavy (non-hydrogen) atoms. The van der Waals surface area contributed by atoms with Gasteiger partial charge in [0.1, 0.15) is 6.54 Å². The average molecular weight is 393 g/mol. The maximum atomic E-state index is 12.4. The average Bonchev–Trinajstić information content (AvgIpc) is 2.54. The van der Waals surface area contributed by atoms with Gasteiger partial charge in [0.15, 0.2) is 0 Å². The van der Waals surface area contributed by atoms with Crippen LogP contribution < -0.4 is 10.2 Å².